The molecule has 156 valence electrons. The zero-order valence-electron chi connectivity index (χ0n) is 16.6. The Bertz CT molecular complexity index is 1020. The van der Waals surface area contributed by atoms with Crippen LogP contribution < -0.4 is 0 Å². The third-order valence-electron chi connectivity index (χ3n) is 5.82. The topological polar surface area (TPSA) is 101 Å². The first-order valence-corrected chi connectivity index (χ1v) is 10.4. The van der Waals surface area contributed by atoms with Gasteiger partial charge in [0, 0.05) is 43.3 Å². The largest absolute Gasteiger partial charge is 0.343 e. The minimum absolute atomic E-state index is 0.0891. The van der Waals surface area contributed by atoms with E-state index >= 15 is 0 Å². The van der Waals surface area contributed by atoms with Gasteiger partial charge in [-0.05, 0) is 49.9 Å². The van der Waals surface area contributed by atoms with Crippen LogP contribution in [0, 0.1) is 5.82 Å². The van der Waals surface area contributed by atoms with Gasteiger partial charge in [0.05, 0.1) is 0 Å². The second-order valence-corrected chi connectivity index (χ2v) is 8.03. The number of aryl methyl sites for hydroxylation is 1. The van der Waals surface area contributed by atoms with Crippen LogP contribution >= 0.6 is 0 Å². The fourth-order valence-corrected chi connectivity index (χ4v) is 3.84. The number of aromatic nitrogens is 5. The van der Waals surface area contributed by atoms with E-state index in [9.17, 15) is 9.18 Å². The molecule has 2 aliphatic rings. The molecule has 1 aromatic carbocycles. The van der Waals surface area contributed by atoms with Gasteiger partial charge in [-0.15, -0.1) is 0 Å². The fraction of sp³-hybridized carbons (Fsp3) is 0.476. The summed E-state index contributed by atoms with van der Waals surface area (Å²) in [6.07, 6.45) is 4.87. The minimum Gasteiger partial charge on any atom is -0.343 e. The molecule has 1 aliphatic heterocycles. The molecule has 30 heavy (non-hydrogen) atoms. The lowest BCUT2D eigenvalue weighted by Gasteiger charge is -2.31. The maximum Gasteiger partial charge on any atom is 0.227 e. The van der Waals surface area contributed by atoms with Crippen LogP contribution in [-0.2, 0) is 11.2 Å². The van der Waals surface area contributed by atoms with Gasteiger partial charge in [0.15, 0.2) is 5.82 Å². The van der Waals surface area contributed by atoms with E-state index in [1.54, 1.807) is 12.1 Å². The van der Waals surface area contributed by atoms with Crippen LogP contribution in [-0.4, -0.2) is 49.2 Å². The average molecular weight is 410 g/mol. The SMILES string of the molecule is O=C(CCc1nc(-c2ccc(F)cc2)no1)N1CCC(c2nc(C3CC3)n[nH]2)CC1. The van der Waals surface area contributed by atoms with Gasteiger partial charge in [0.2, 0.25) is 17.6 Å². The van der Waals surface area contributed by atoms with E-state index in [1.807, 2.05) is 4.90 Å². The highest BCUT2D eigenvalue weighted by molar-refractivity contribution is 5.76. The van der Waals surface area contributed by atoms with Gasteiger partial charge in [0.1, 0.15) is 11.6 Å². The first-order chi connectivity index (χ1) is 14.7. The fourth-order valence-electron chi connectivity index (χ4n) is 3.84. The number of hydrogen-bond donors (Lipinski definition) is 1. The number of likely N-dealkylation sites (tertiary alicyclic amines) is 1. The monoisotopic (exact) mass is 410 g/mol. The summed E-state index contributed by atoms with van der Waals surface area (Å²) in [6, 6.07) is 5.90. The first-order valence-electron chi connectivity index (χ1n) is 10.4. The van der Waals surface area contributed by atoms with Crippen LogP contribution in [0.25, 0.3) is 11.4 Å². The number of halogens is 1. The molecule has 8 nitrogen and oxygen atoms in total. The predicted octanol–water partition coefficient (Wildman–Crippen LogP) is 3.21. The van der Waals surface area contributed by atoms with Gasteiger partial charge in [-0.25, -0.2) is 9.37 Å². The highest BCUT2D eigenvalue weighted by Crippen LogP contribution is 2.38. The second kappa shape index (κ2) is 7.97. The number of carbonyl (C=O) groups is 1. The maximum absolute atomic E-state index is 13.0. The Kier molecular flexibility index (Phi) is 5.02. The molecule has 0 unspecified atom stereocenters. The maximum atomic E-state index is 13.0. The number of nitrogens with zero attached hydrogens (tertiary/aromatic N) is 5. The number of hydrogen-bond acceptors (Lipinski definition) is 6. The Labute approximate surface area is 172 Å². The number of benzene rings is 1. The van der Waals surface area contributed by atoms with E-state index in [0.717, 1.165) is 24.5 Å². The van der Waals surface area contributed by atoms with Crippen LogP contribution in [0.3, 0.4) is 0 Å². The number of nitrogens with one attached hydrogen (secondary N) is 1. The molecule has 3 heterocycles. The summed E-state index contributed by atoms with van der Waals surface area (Å²) in [5.74, 6) is 3.37. The zero-order chi connectivity index (χ0) is 20.5. The van der Waals surface area contributed by atoms with E-state index in [1.165, 1.54) is 25.0 Å². The van der Waals surface area contributed by atoms with Crippen molar-refractivity contribution in [2.75, 3.05) is 13.1 Å². The predicted molar refractivity (Wildman–Crippen MR) is 105 cm³/mol. The van der Waals surface area contributed by atoms with Crippen molar-refractivity contribution in [2.24, 2.45) is 0 Å². The third-order valence-corrected chi connectivity index (χ3v) is 5.82. The van der Waals surface area contributed by atoms with Crippen LogP contribution in [0.5, 0.6) is 0 Å². The van der Waals surface area contributed by atoms with Crippen molar-refractivity contribution in [3.63, 3.8) is 0 Å². The summed E-state index contributed by atoms with van der Waals surface area (Å²) >= 11 is 0. The molecule has 0 spiro atoms. The molecule has 0 radical (unpaired) electrons. The lowest BCUT2D eigenvalue weighted by atomic mass is 9.96. The molecule has 2 aromatic heterocycles. The molecule has 1 amide bonds. The zero-order valence-corrected chi connectivity index (χ0v) is 16.6. The van der Waals surface area contributed by atoms with Crippen LogP contribution in [0.15, 0.2) is 28.8 Å². The van der Waals surface area contributed by atoms with Crippen molar-refractivity contribution in [1.29, 1.82) is 0 Å². The highest BCUT2D eigenvalue weighted by atomic mass is 19.1. The van der Waals surface area contributed by atoms with Crippen molar-refractivity contribution in [1.82, 2.24) is 30.2 Å². The van der Waals surface area contributed by atoms with Crippen LogP contribution in [0.4, 0.5) is 4.39 Å². The molecule has 9 heteroatoms. The van der Waals surface area contributed by atoms with Gasteiger partial charge in [-0.3, -0.25) is 9.89 Å². The van der Waals surface area contributed by atoms with Crippen LogP contribution in [0.1, 0.15) is 61.5 Å². The molecule has 1 saturated heterocycles. The number of rotatable bonds is 6. The molecule has 1 aliphatic carbocycles. The number of amides is 1. The van der Waals surface area contributed by atoms with Crippen molar-refractivity contribution in [2.45, 2.75) is 50.4 Å². The molecule has 3 aromatic rings. The Morgan fingerprint density at radius 3 is 2.60 bits per heavy atom. The highest BCUT2D eigenvalue weighted by Gasteiger charge is 2.30. The van der Waals surface area contributed by atoms with E-state index in [-0.39, 0.29) is 11.7 Å². The Morgan fingerprint density at radius 1 is 1.10 bits per heavy atom. The lowest BCUT2D eigenvalue weighted by Crippen LogP contribution is -2.38. The van der Waals surface area contributed by atoms with E-state index in [0.29, 0.717) is 55.0 Å². The summed E-state index contributed by atoms with van der Waals surface area (Å²) in [5, 5.41) is 11.4. The minimum atomic E-state index is -0.316. The number of H-pyrrole nitrogens is 1. The van der Waals surface area contributed by atoms with Gasteiger partial charge in [-0.1, -0.05) is 5.16 Å². The Hall–Kier alpha value is -3.10. The molecule has 0 atom stereocenters. The van der Waals surface area contributed by atoms with E-state index in [2.05, 4.69) is 25.3 Å². The van der Waals surface area contributed by atoms with E-state index < -0.39 is 0 Å². The van der Waals surface area contributed by atoms with E-state index in [4.69, 9.17) is 4.52 Å². The molecule has 5 rings (SSSR count). The summed E-state index contributed by atoms with van der Waals surface area (Å²) in [6.45, 7) is 1.43. The van der Waals surface area contributed by atoms with Gasteiger partial charge >= 0.3 is 0 Å². The molecule has 0 bridgehead atoms. The Balaban J connectivity index is 1.11. The molecular formula is C21H23FN6O2. The standard InChI is InChI=1S/C21H23FN6O2/c22-16-5-3-14(4-6-16)21-23-17(30-27-21)7-8-18(29)28-11-9-15(10-12-28)20-24-19(25-26-20)13-1-2-13/h3-6,13,15H,1-2,7-12H2,(H,24,25,26). The number of piperidine rings is 1. The Morgan fingerprint density at radius 2 is 1.87 bits per heavy atom. The molecule has 1 saturated carbocycles. The third kappa shape index (κ3) is 4.10. The molecule has 1 N–H and O–H groups in total. The lowest BCUT2D eigenvalue weighted by molar-refractivity contribution is -0.132. The van der Waals surface area contributed by atoms with Crippen molar-refractivity contribution >= 4 is 5.91 Å². The number of aromatic amines is 1. The smallest absolute Gasteiger partial charge is 0.227 e. The van der Waals surface area contributed by atoms with Crippen molar-refractivity contribution in [3.8, 4) is 11.4 Å². The van der Waals surface area contributed by atoms with Gasteiger partial charge in [-0.2, -0.15) is 10.1 Å². The second-order valence-electron chi connectivity index (χ2n) is 8.03. The number of carbonyl (C=O) groups excluding carboxylic acids is 1. The quantitative estimate of drug-likeness (QED) is 0.670. The van der Waals surface area contributed by atoms with Crippen molar-refractivity contribution in [3.05, 3.63) is 47.6 Å². The van der Waals surface area contributed by atoms with Gasteiger partial charge < -0.3 is 9.42 Å². The van der Waals surface area contributed by atoms with Crippen LogP contribution in [0.2, 0.25) is 0 Å². The first kappa shape index (κ1) is 18.9. The van der Waals surface area contributed by atoms with Crippen molar-refractivity contribution < 1.29 is 13.7 Å². The molecular weight excluding hydrogens is 387 g/mol. The summed E-state index contributed by atoms with van der Waals surface area (Å²) < 4.78 is 18.3. The summed E-state index contributed by atoms with van der Waals surface area (Å²) in [4.78, 5) is 23.4. The summed E-state index contributed by atoms with van der Waals surface area (Å²) in [7, 11) is 0. The summed E-state index contributed by atoms with van der Waals surface area (Å²) in [5.41, 5.74) is 0.678. The molecule has 2 fully saturated rings. The van der Waals surface area contributed by atoms with Gasteiger partial charge in [0.25, 0.3) is 0 Å². The normalized spacial score (nSPS) is 17.4. The average Bonchev–Trinajstić information content (AvgIpc) is 3.31.